The van der Waals surface area contributed by atoms with E-state index in [2.05, 4.69) is 389 Å². The van der Waals surface area contributed by atoms with Gasteiger partial charge in [0.25, 0.3) is 0 Å². The van der Waals surface area contributed by atoms with E-state index in [9.17, 15) is 0 Å². The molecule has 8 aromatic carbocycles. The molecule has 1 heterocycles. The maximum Gasteiger partial charge on any atom is 0.0619 e. The minimum atomic E-state index is -0.111. The van der Waals surface area contributed by atoms with Gasteiger partial charge in [0.05, 0.1) is 22.4 Å². The van der Waals surface area contributed by atoms with Crippen LogP contribution in [0.2, 0.25) is 0 Å². The lowest BCUT2D eigenvalue weighted by Crippen LogP contribution is -2.17. The fourth-order valence-corrected chi connectivity index (χ4v) is 515. The molecule has 0 spiro atoms. The SMILES string of the molecule is CC1(C)c2ccccc2-c2c(N(c3ccc(-c4cccc5c6ccccc6n(-c6ccccc6)c45)cc3)c3cccc4c3-c3ccccc3C4(C)C)cccc21.PPP(P(P)P)P(P(P(P)P)P(P)P)P(P(P(P)P)P(P)P)P(P(P(P)P)P(P)P)P(P(P)P)P(P)P. The third-order valence-corrected chi connectivity index (χ3v) is 265. The van der Waals surface area contributed by atoms with Gasteiger partial charge in [0.2, 0.25) is 0 Å². The Morgan fingerprint density at radius 3 is 1.14 bits per heavy atom. The Labute approximate surface area is 619 Å². The van der Waals surface area contributed by atoms with E-state index in [1.54, 1.807) is 0 Å². The monoisotopic (exact) mass is 1900 g/mol. The number of benzene rings is 8. The maximum absolute atomic E-state index is 3.39. The summed E-state index contributed by atoms with van der Waals surface area (Å²) in [6.45, 7) is 8.56. The molecular weight excluding hydrogens is 1820 g/mol. The van der Waals surface area contributed by atoms with E-state index in [0.717, 1.165) is 19.3 Å². The average molecular weight is 1900 g/mol. The van der Waals surface area contributed by atoms with Crippen LogP contribution in [0.4, 0.5) is 17.1 Å². The Kier molecular flexibility index (Phi) is 34.8. The van der Waals surface area contributed by atoms with Gasteiger partial charge in [0, 0.05) is 49.7 Å². The van der Waals surface area contributed by atoms with E-state index in [4.69, 9.17) is 0 Å². The molecule has 2 aliphatic rings. The minimum absolute atomic E-state index is 0.00189. The highest BCUT2D eigenvalue weighted by Crippen LogP contribution is 3.41. The molecule has 11 rings (SSSR count). The first-order valence-electron chi connectivity index (χ1n) is 28.1. The van der Waals surface area contributed by atoms with E-state index < -0.39 is 0 Å². The summed E-state index contributed by atoms with van der Waals surface area (Å²) in [6, 6.07) is 67.4. The van der Waals surface area contributed by atoms with Crippen LogP contribution in [-0.2, 0) is 10.8 Å². The maximum atomic E-state index is 3.39. The second-order valence-corrected chi connectivity index (χ2v) is 171. The standard InChI is InChI=1S/C54H42N2.H39P37/c1-53(2)43-24-11-8-20-41(43)50-45(53)26-15-29-48(50)55(49-30-16-27-46-51(49)42-21-9-12-25-44(42)54(46,3)4)37-33-31-35(32-34-37)38-22-14-23-40-39-19-10-13-28-47(39)56(52(38)40)36-17-6-5-7-18-36;1-20-30(21(2)3)35(31(22(4)5)23(6)7)37(34(28(16)17)29(18)19)36(32(24(8)9)25(10)11)33(26(12)13)27(14)15/h5-34H,1-4H3;20H,1-19H2. The van der Waals surface area contributed by atoms with Crippen LogP contribution in [0.5, 0.6) is 0 Å². The number of para-hydroxylation sites is 3. The van der Waals surface area contributed by atoms with Gasteiger partial charge >= 0.3 is 0 Å². The lowest BCUT2D eigenvalue weighted by atomic mass is 9.82. The molecule has 9 aromatic rings. The largest absolute Gasteiger partial charge is 0.309 e. The van der Waals surface area contributed by atoms with Crippen molar-refractivity contribution in [2.75, 3.05) is 4.90 Å². The zero-order valence-electron chi connectivity index (χ0n) is 51.3. The molecule has 23 unspecified atom stereocenters. The Hall–Kier alpha value is 9.27. The highest BCUT2D eigenvalue weighted by molar-refractivity contribution is 9.47. The van der Waals surface area contributed by atoms with Gasteiger partial charge in [0.15, 0.2) is 0 Å². The summed E-state index contributed by atoms with van der Waals surface area (Å²) in [5.74, 6) is 0. The van der Waals surface area contributed by atoms with Crippen molar-refractivity contribution in [1.29, 1.82) is 0 Å². The lowest BCUT2D eigenvalue weighted by Gasteiger charge is -2.55. The lowest BCUT2D eigenvalue weighted by molar-refractivity contribution is 0.660. The molecule has 1 aromatic heterocycles. The van der Waals surface area contributed by atoms with Crippen LogP contribution in [-0.4, -0.2) is 4.57 Å². The summed E-state index contributed by atoms with van der Waals surface area (Å²) in [5, 5.41) is 2.52. The van der Waals surface area contributed by atoms with E-state index in [1.165, 1.54) is 88.8 Å². The molecule has 0 N–H and O–H groups in total. The van der Waals surface area contributed by atoms with Crippen LogP contribution in [0, 0.1) is 0 Å². The van der Waals surface area contributed by atoms with E-state index in [-0.39, 0.29) is 130 Å². The molecule has 0 aliphatic heterocycles. The van der Waals surface area contributed by atoms with Gasteiger partial charge in [-0.05, 0) is 200 Å². The molecule has 0 saturated heterocycles. The van der Waals surface area contributed by atoms with Gasteiger partial charge in [-0.2, -0.15) is 0 Å². The van der Waals surface area contributed by atoms with Crippen LogP contribution in [0.1, 0.15) is 49.9 Å². The van der Waals surface area contributed by atoms with E-state index in [0.29, 0.717) is 0 Å². The number of aromatic nitrogens is 1. The van der Waals surface area contributed by atoms with Crippen molar-refractivity contribution in [2.45, 2.75) is 38.5 Å². The number of hydrogen-bond acceptors (Lipinski definition) is 1. The summed E-state index contributed by atoms with van der Waals surface area (Å²) < 4.78 is 2.43. The molecule has 93 heavy (non-hydrogen) atoms. The molecule has 2 aliphatic carbocycles. The van der Waals surface area contributed by atoms with Crippen molar-refractivity contribution in [3.05, 3.63) is 204 Å². The second kappa shape index (κ2) is 38.2. The van der Waals surface area contributed by atoms with Crippen molar-refractivity contribution in [3.63, 3.8) is 0 Å². The van der Waals surface area contributed by atoms with Gasteiger partial charge in [0.1, 0.15) is 0 Å². The highest BCUT2D eigenvalue weighted by Gasteiger charge is 2.54. The third-order valence-electron chi connectivity index (χ3n) is 15.9. The Morgan fingerprint density at radius 2 is 0.699 bits per heavy atom. The molecule has 0 radical (unpaired) electrons. The second-order valence-electron chi connectivity index (χ2n) is 22.2. The number of rotatable bonds is 22. The van der Waals surface area contributed by atoms with Crippen LogP contribution in [0.25, 0.3) is 60.9 Å². The molecule has 23 atom stereocenters. The summed E-state index contributed by atoms with van der Waals surface area (Å²) >= 11 is 0. The minimum Gasteiger partial charge on any atom is -0.309 e. The van der Waals surface area contributed by atoms with Crippen molar-refractivity contribution in [2.24, 2.45) is 0 Å². The number of nitrogens with zero attached hydrogens (tertiary/aromatic N) is 2. The van der Waals surface area contributed by atoms with Crippen LogP contribution in [0.15, 0.2) is 182 Å². The average Bonchev–Trinajstić information content (AvgIpc) is 1.60. The third kappa shape index (κ3) is 18.5. The summed E-state index contributed by atoms with van der Waals surface area (Å²) in [7, 11) is 64.9. The van der Waals surface area contributed by atoms with Crippen molar-refractivity contribution in [1.82, 2.24) is 4.57 Å². The zero-order chi connectivity index (χ0) is 67.3. The van der Waals surface area contributed by atoms with E-state index >= 15 is 0 Å². The normalized spacial score (nSPS) is 15.3. The molecule has 2 nitrogen and oxygen atoms in total. The van der Waals surface area contributed by atoms with Gasteiger partial charge in [-0.15, -0.1) is 170 Å². The fourth-order valence-electron chi connectivity index (χ4n) is 12.2. The van der Waals surface area contributed by atoms with Crippen LogP contribution >= 0.6 is 296 Å². The fraction of sp³-hybridized carbons (Fsp3) is 0.111. The van der Waals surface area contributed by atoms with Crippen molar-refractivity contribution in [3.8, 4) is 39.1 Å². The molecule has 0 fully saturated rings. The van der Waals surface area contributed by atoms with Gasteiger partial charge in [-0.3, -0.25) is 0 Å². The first-order chi connectivity index (χ1) is 44.2. The zero-order valence-corrected chi connectivity index (χ0v) is 89.4. The van der Waals surface area contributed by atoms with Crippen molar-refractivity contribution >= 4 is 335 Å². The highest BCUT2D eigenvalue weighted by atomic mass is 33.5. The molecule has 0 saturated carbocycles. The van der Waals surface area contributed by atoms with Gasteiger partial charge in [-0.1, -0.05) is 175 Å². The summed E-state index contributed by atoms with van der Waals surface area (Å²) in [4.78, 5) is 2.54. The molecule has 0 bridgehead atoms. The smallest absolute Gasteiger partial charge is 0.0619 e. The first kappa shape index (κ1) is 84.7. The summed E-state index contributed by atoms with van der Waals surface area (Å²) in [6.07, 6.45) is 0. The number of hydrogen-bond donors (Lipinski definition) is 0. The topological polar surface area (TPSA) is 8.17 Å². The molecule has 492 valence electrons. The van der Waals surface area contributed by atoms with Crippen LogP contribution in [0.3, 0.4) is 0 Å². The predicted octanol–water partition coefficient (Wildman–Crippen LogP) is 36.0. The van der Waals surface area contributed by atoms with Crippen LogP contribution < -0.4 is 4.90 Å². The summed E-state index contributed by atoms with van der Waals surface area (Å²) in [5.41, 5.74) is 20.1. The Morgan fingerprint density at radius 1 is 0.333 bits per heavy atom. The number of anilines is 3. The molecule has 0 amide bonds. The van der Waals surface area contributed by atoms with Gasteiger partial charge in [-0.25, -0.2) is 0 Å². The van der Waals surface area contributed by atoms with Gasteiger partial charge < -0.3 is 9.47 Å². The first-order valence-corrected chi connectivity index (χ1v) is 95.0. The predicted molar refractivity (Wildman–Crippen MR) is 546 cm³/mol. The molecular formula is C54H81N2P37. The Bertz CT molecular complexity index is 3900. The number of fused-ring (bicyclic) bond motifs is 9. The van der Waals surface area contributed by atoms with Crippen molar-refractivity contribution < 1.29 is 0 Å². The van der Waals surface area contributed by atoms with E-state index in [1.807, 2.05) is 0 Å². The Balaban J connectivity index is 0.000000225. The molecule has 39 heteroatoms. The quantitative estimate of drug-likeness (QED) is 0.0614.